The van der Waals surface area contributed by atoms with Gasteiger partial charge >= 0.3 is 0 Å². The van der Waals surface area contributed by atoms with E-state index in [2.05, 4.69) is 79.6 Å². The van der Waals surface area contributed by atoms with Gasteiger partial charge in [0.1, 0.15) is 5.01 Å². The highest BCUT2D eigenvalue weighted by Crippen LogP contribution is 2.22. The van der Waals surface area contributed by atoms with Crippen molar-refractivity contribution in [1.82, 2.24) is 15.6 Å². The fraction of sp³-hybridized carbons (Fsp3) is 0.444. The monoisotopic (exact) mass is 421 g/mol. The van der Waals surface area contributed by atoms with Crippen molar-refractivity contribution in [3.8, 4) is 0 Å². The summed E-state index contributed by atoms with van der Waals surface area (Å²) in [4.78, 5) is 12.7. The molecule has 1 atom stereocenters. The minimum absolute atomic E-state index is 0.402. The SMILES string of the molecule is CCNC(=NCc1ncc(C)s1)NC1CCN(c2ccc(Br)cc2)C1. The van der Waals surface area contributed by atoms with E-state index in [1.54, 1.807) is 11.3 Å². The standard InChI is InChI=1S/C18H24BrN5S/c1-3-20-18(22-11-17-21-10-13(2)25-17)23-15-8-9-24(12-15)16-6-4-14(19)5-7-16/h4-7,10,15H,3,8-9,11-12H2,1-2H3,(H2,20,22,23). The van der Waals surface area contributed by atoms with Gasteiger partial charge in [-0.3, -0.25) is 0 Å². The molecule has 0 bridgehead atoms. The van der Waals surface area contributed by atoms with Gasteiger partial charge < -0.3 is 15.5 Å². The van der Waals surface area contributed by atoms with Crippen molar-refractivity contribution in [1.29, 1.82) is 0 Å². The lowest BCUT2D eigenvalue weighted by Crippen LogP contribution is -2.44. The third kappa shape index (κ3) is 5.19. The smallest absolute Gasteiger partial charge is 0.191 e. The molecule has 0 spiro atoms. The van der Waals surface area contributed by atoms with Crippen LogP contribution < -0.4 is 15.5 Å². The van der Waals surface area contributed by atoms with Gasteiger partial charge in [0.2, 0.25) is 0 Å². The van der Waals surface area contributed by atoms with Crippen LogP contribution in [0.2, 0.25) is 0 Å². The highest BCUT2D eigenvalue weighted by atomic mass is 79.9. The van der Waals surface area contributed by atoms with Crippen LogP contribution in [-0.2, 0) is 6.54 Å². The van der Waals surface area contributed by atoms with Crippen LogP contribution in [0, 0.1) is 6.92 Å². The number of guanidine groups is 1. The lowest BCUT2D eigenvalue weighted by atomic mass is 10.3. The summed E-state index contributed by atoms with van der Waals surface area (Å²) < 4.78 is 1.11. The van der Waals surface area contributed by atoms with E-state index in [0.29, 0.717) is 12.6 Å². The Morgan fingerprint density at radius 1 is 1.40 bits per heavy atom. The van der Waals surface area contributed by atoms with Crippen LogP contribution in [0.15, 0.2) is 39.9 Å². The second-order valence-corrected chi connectivity index (χ2v) is 8.35. The summed E-state index contributed by atoms with van der Waals surface area (Å²) in [6, 6.07) is 8.92. The average Bonchev–Trinajstić information content (AvgIpc) is 3.23. The molecule has 0 aliphatic carbocycles. The first-order valence-electron chi connectivity index (χ1n) is 8.60. The van der Waals surface area contributed by atoms with E-state index in [-0.39, 0.29) is 0 Å². The summed E-state index contributed by atoms with van der Waals surface area (Å²) in [5.41, 5.74) is 1.27. The number of benzene rings is 1. The van der Waals surface area contributed by atoms with Gasteiger partial charge in [0.25, 0.3) is 0 Å². The van der Waals surface area contributed by atoms with Crippen LogP contribution >= 0.6 is 27.3 Å². The maximum Gasteiger partial charge on any atom is 0.191 e. The number of hydrogen-bond donors (Lipinski definition) is 2. The molecule has 0 saturated carbocycles. The summed E-state index contributed by atoms with van der Waals surface area (Å²) in [7, 11) is 0. The first kappa shape index (κ1) is 18.2. The van der Waals surface area contributed by atoms with Crippen LogP contribution in [0.1, 0.15) is 23.2 Å². The molecule has 2 aromatic rings. The van der Waals surface area contributed by atoms with Crippen molar-refractivity contribution in [3.63, 3.8) is 0 Å². The number of rotatable bonds is 5. The number of halogens is 1. The van der Waals surface area contributed by atoms with Gasteiger partial charge in [0.15, 0.2) is 5.96 Å². The maximum atomic E-state index is 4.69. The lowest BCUT2D eigenvalue weighted by Gasteiger charge is -2.20. The Balaban J connectivity index is 1.58. The van der Waals surface area contributed by atoms with Crippen molar-refractivity contribution >= 4 is 38.9 Å². The number of aliphatic imine (C=N–C) groups is 1. The predicted octanol–water partition coefficient (Wildman–Crippen LogP) is 3.55. The third-order valence-corrected chi connectivity index (χ3v) is 5.53. The number of hydrogen-bond acceptors (Lipinski definition) is 4. The zero-order valence-electron chi connectivity index (χ0n) is 14.6. The van der Waals surface area contributed by atoms with Gasteiger partial charge in [-0.05, 0) is 44.5 Å². The first-order chi connectivity index (χ1) is 12.1. The number of aryl methyl sites for hydroxylation is 1. The highest BCUT2D eigenvalue weighted by molar-refractivity contribution is 9.10. The fourth-order valence-corrected chi connectivity index (χ4v) is 3.88. The lowest BCUT2D eigenvalue weighted by molar-refractivity contribution is 0.649. The molecule has 3 rings (SSSR count). The van der Waals surface area contributed by atoms with E-state index in [4.69, 9.17) is 0 Å². The molecular weight excluding hydrogens is 398 g/mol. The maximum absolute atomic E-state index is 4.69. The molecule has 0 radical (unpaired) electrons. The zero-order chi connectivity index (χ0) is 17.6. The zero-order valence-corrected chi connectivity index (χ0v) is 17.0. The number of nitrogens with one attached hydrogen (secondary N) is 2. The molecule has 0 amide bonds. The van der Waals surface area contributed by atoms with E-state index in [0.717, 1.165) is 41.5 Å². The van der Waals surface area contributed by atoms with E-state index >= 15 is 0 Å². The Kier molecular flexibility index (Phi) is 6.31. The first-order valence-corrected chi connectivity index (χ1v) is 10.2. The Hall–Kier alpha value is -1.60. The molecule has 1 fully saturated rings. The van der Waals surface area contributed by atoms with E-state index in [9.17, 15) is 0 Å². The molecule has 5 nitrogen and oxygen atoms in total. The van der Waals surface area contributed by atoms with Gasteiger partial charge in [0, 0.05) is 46.9 Å². The van der Waals surface area contributed by atoms with Gasteiger partial charge in [-0.2, -0.15) is 0 Å². The molecule has 1 unspecified atom stereocenters. The summed E-state index contributed by atoms with van der Waals surface area (Å²) in [6.07, 6.45) is 3.01. The highest BCUT2D eigenvalue weighted by Gasteiger charge is 2.23. The number of anilines is 1. The second kappa shape index (κ2) is 8.67. The molecule has 1 aromatic heterocycles. The van der Waals surface area contributed by atoms with Gasteiger partial charge in [-0.1, -0.05) is 15.9 Å². The normalized spacial score (nSPS) is 17.8. The molecular formula is C18H24BrN5S. The Morgan fingerprint density at radius 2 is 2.20 bits per heavy atom. The topological polar surface area (TPSA) is 52.6 Å². The average molecular weight is 422 g/mol. The number of aromatic nitrogens is 1. The molecule has 1 aliphatic rings. The van der Waals surface area contributed by atoms with Crippen molar-refractivity contribution in [2.75, 3.05) is 24.5 Å². The molecule has 2 N–H and O–H groups in total. The van der Waals surface area contributed by atoms with Crippen molar-refractivity contribution in [2.45, 2.75) is 32.9 Å². The Morgan fingerprint density at radius 3 is 2.88 bits per heavy atom. The molecule has 25 heavy (non-hydrogen) atoms. The largest absolute Gasteiger partial charge is 0.369 e. The number of nitrogens with zero attached hydrogens (tertiary/aromatic N) is 3. The molecule has 134 valence electrons. The minimum atomic E-state index is 0.402. The van der Waals surface area contributed by atoms with Crippen molar-refractivity contribution in [3.05, 3.63) is 44.8 Å². The summed E-state index contributed by atoms with van der Waals surface area (Å²) in [5.74, 6) is 0.873. The molecule has 2 heterocycles. The molecule has 7 heteroatoms. The van der Waals surface area contributed by atoms with E-state index in [1.165, 1.54) is 10.6 Å². The molecule has 1 saturated heterocycles. The summed E-state index contributed by atoms with van der Waals surface area (Å²) in [5, 5.41) is 7.96. The van der Waals surface area contributed by atoms with Crippen molar-refractivity contribution in [2.24, 2.45) is 4.99 Å². The fourth-order valence-electron chi connectivity index (χ4n) is 2.90. The number of thiazole rings is 1. The molecule has 1 aliphatic heterocycles. The van der Waals surface area contributed by atoms with Gasteiger partial charge in [-0.15, -0.1) is 11.3 Å². The third-order valence-electron chi connectivity index (χ3n) is 4.11. The van der Waals surface area contributed by atoms with E-state index < -0.39 is 0 Å². The summed E-state index contributed by atoms with van der Waals surface area (Å²) in [6.45, 7) is 7.69. The van der Waals surface area contributed by atoms with Crippen LogP contribution in [0.25, 0.3) is 0 Å². The van der Waals surface area contributed by atoms with Crippen LogP contribution in [0.3, 0.4) is 0 Å². The molecule has 1 aromatic carbocycles. The van der Waals surface area contributed by atoms with Crippen LogP contribution in [-0.4, -0.2) is 36.6 Å². The summed E-state index contributed by atoms with van der Waals surface area (Å²) >= 11 is 5.20. The van der Waals surface area contributed by atoms with Crippen molar-refractivity contribution < 1.29 is 0 Å². The Bertz CT molecular complexity index is 713. The van der Waals surface area contributed by atoms with E-state index in [1.807, 2.05) is 6.20 Å². The van der Waals surface area contributed by atoms with Crippen LogP contribution in [0.5, 0.6) is 0 Å². The minimum Gasteiger partial charge on any atom is -0.369 e. The van der Waals surface area contributed by atoms with Gasteiger partial charge in [-0.25, -0.2) is 9.98 Å². The second-order valence-electron chi connectivity index (χ2n) is 6.11. The van der Waals surface area contributed by atoms with Gasteiger partial charge in [0.05, 0.1) is 6.54 Å². The van der Waals surface area contributed by atoms with Crippen LogP contribution in [0.4, 0.5) is 5.69 Å². The quantitative estimate of drug-likeness (QED) is 0.572. The Labute approximate surface area is 161 Å². The predicted molar refractivity (Wildman–Crippen MR) is 110 cm³/mol.